The lowest BCUT2D eigenvalue weighted by atomic mass is 10.2. The highest BCUT2D eigenvalue weighted by atomic mass is 14.9. The molecule has 0 radical (unpaired) electrons. The molecule has 0 saturated carbocycles. The van der Waals surface area contributed by atoms with Crippen molar-refractivity contribution in [3.05, 3.63) is 35.4 Å². The van der Waals surface area contributed by atoms with Crippen molar-refractivity contribution in [2.75, 3.05) is 0 Å². The molecule has 0 saturated heterocycles. The number of fused-ring (bicyclic) bond motifs is 1. The van der Waals surface area contributed by atoms with Crippen molar-refractivity contribution in [1.82, 2.24) is 9.97 Å². The van der Waals surface area contributed by atoms with Crippen molar-refractivity contribution < 1.29 is 0 Å². The normalized spacial score (nSPS) is 19.7. The summed E-state index contributed by atoms with van der Waals surface area (Å²) in [7, 11) is 0. The molecule has 1 aromatic heterocycles. The molecule has 0 amide bonds. The minimum Gasteiger partial charge on any atom is -0.241 e. The van der Waals surface area contributed by atoms with E-state index in [4.69, 9.17) is 0 Å². The second-order valence-electron chi connectivity index (χ2n) is 3.34. The summed E-state index contributed by atoms with van der Waals surface area (Å²) in [5, 5.41) is 0. The van der Waals surface area contributed by atoms with Gasteiger partial charge in [0.1, 0.15) is 5.82 Å². The summed E-state index contributed by atoms with van der Waals surface area (Å²) in [6.45, 7) is 4.06. The standard InChI is InChI=1S/C11H12N2/c1-8-3-5-10-7-12-9(2)13-11(10)6-4-8/h3-8H,1-2H3. The topological polar surface area (TPSA) is 25.8 Å². The SMILES string of the molecule is Cc1ncc2c(n1)C=CC(C)C=C2. The van der Waals surface area contributed by atoms with Crippen LogP contribution in [0.25, 0.3) is 12.2 Å². The first kappa shape index (κ1) is 8.17. The van der Waals surface area contributed by atoms with Gasteiger partial charge in [-0.2, -0.15) is 0 Å². The lowest BCUT2D eigenvalue weighted by Gasteiger charge is -1.98. The van der Waals surface area contributed by atoms with Crippen LogP contribution in [0, 0.1) is 12.8 Å². The van der Waals surface area contributed by atoms with Crippen LogP contribution in [0.15, 0.2) is 18.3 Å². The lowest BCUT2D eigenvalue weighted by molar-refractivity contribution is 0.953. The fraction of sp³-hybridized carbons (Fsp3) is 0.273. The van der Waals surface area contributed by atoms with Crippen molar-refractivity contribution in [2.24, 2.45) is 5.92 Å². The summed E-state index contributed by atoms with van der Waals surface area (Å²) in [5.74, 6) is 1.31. The van der Waals surface area contributed by atoms with Gasteiger partial charge >= 0.3 is 0 Å². The Balaban J connectivity index is 2.53. The fourth-order valence-corrected chi connectivity index (χ4v) is 1.32. The molecule has 0 fully saturated rings. The molecule has 0 bridgehead atoms. The third-order valence-electron chi connectivity index (χ3n) is 2.11. The minimum absolute atomic E-state index is 0.481. The van der Waals surface area contributed by atoms with Gasteiger partial charge < -0.3 is 0 Å². The molecule has 0 spiro atoms. The van der Waals surface area contributed by atoms with Crippen LogP contribution in [-0.2, 0) is 0 Å². The van der Waals surface area contributed by atoms with Crippen LogP contribution >= 0.6 is 0 Å². The molecular weight excluding hydrogens is 160 g/mol. The smallest absolute Gasteiger partial charge is 0.125 e. The molecule has 1 aliphatic rings. The average molecular weight is 172 g/mol. The molecule has 0 N–H and O–H groups in total. The van der Waals surface area contributed by atoms with E-state index in [9.17, 15) is 0 Å². The molecule has 1 aliphatic carbocycles. The number of allylic oxidation sites excluding steroid dienone is 2. The summed E-state index contributed by atoms with van der Waals surface area (Å²) in [5.41, 5.74) is 2.12. The van der Waals surface area contributed by atoms with E-state index in [1.54, 1.807) is 0 Å². The van der Waals surface area contributed by atoms with E-state index in [-0.39, 0.29) is 0 Å². The third-order valence-corrected chi connectivity index (χ3v) is 2.11. The predicted molar refractivity (Wildman–Crippen MR) is 54.0 cm³/mol. The molecule has 0 aromatic carbocycles. The van der Waals surface area contributed by atoms with Crippen LogP contribution in [0.2, 0.25) is 0 Å². The van der Waals surface area contributed by atoms with Gasteiger partial charge in [0.15, 0.2) is 0 Å². The highest BCUT2D eigenvalue weighted by molar-refractivity contribution is 5.64. The van der Waals surface area contributed by atoms with E-state index in [0.29, 0.717) is 5.92 Å². The van der Waals surface area contributed by atoms with Crippen LogP contribution < -0.4 is 0 Å². The van der Waals surface area contributed by atoms with Gasteiger partial charge in [0.25, 0.3) is 0 Å². The number of nitrogens with zero attached hydrogens (tertiary/aromatic N) is 2. The van der Waals surface area contributed by atoms with Crippen LogP contribution in [0.5, 0.6) is 0 Å². The Morgan fingerprint density at radius 3 is 2.85 bits per heavy atom. The second kappa shape index (κ2) is 3.13. The molecular formula is C11H12N2. The monoisotopic (exact) mass is 172 g/mol. The molecule has 1 unspecified atom stereocenters. The minimum atomic E-state index is 0.481. The Kier molecular flexibility index (Phi) is 1.97. The Bertz CT molecular complexity index is 378. The number of rotatable bonds is 0. The highest BCUT2D eigenvalue weighted by Crippen LogP contribution is 2.16. The van der Waals surface area contributed by atoms with Crippen molar-refractivity contribution >= 4 is 12.2 Å². The van der Waals surface area contributed by atoms with E-state index in [1.807, 2.05) is 13.1 Å². The Hall–Kier alpha value is -1.44. The fourth-order valence-electron chi connectivity index (χ4n) is 1.32. The zero-order chi connectivity index (χ0) is 9.26. The van der Waals surface area contributed by atoms with Gasteiger partial charge in [0.2, 0.25) is 0 Å². The molecule has 13 heavy (non-hydrogen) atoms. The summed E-state index contributed by atoms with van der Waals surface area (Å²) in [6, 6.07) is 0. The number of hydrogen-bond acceptors (Lipinski definition) is 2. The first-order valence-electron chi connectivity index (χ1n) is 4.46. The Morgan fingerprint density at radius 2 is 2.00 bits per heavy atom. The van der Waals surface area contributed by atoms with E-state index < -0.39 is 0 Å². The van der Waals surface area contributed by atoms with E-state index in [1.165, 1.54) is 0 Å². The second-order valence-corrected chi connectivity index (χ2v) is 3.34. The van der Waals surface area contributed by atoms with Crippen molar-refractivity contribution in [2.45, 2.75) is 13.8 Å². The van der Waals surface area contributed by atoms with Crippen LogP contribution in [0.1, 0.15) is 24.0 Å². The zero-order valence-electron chi connectivity index (χ0n) is 7.86. The molecule has 1 heterocycles. The molecule has 66 valence electrons. The van der Waals surface area contributed by atoms with Crippen molar-refractivity contribution in [1.29, 1.82) is 0 Å². The summed E-state index contributed by atoms with van der Waals surface area (Å²) >= 11 is 0. The molecule has 2 nitrogen and oxygen atoms in total. The van der Waals surface area contributed by atoms with Crippen LogP contribution in [0.4, 0.5) is 0 Å². The number of aromatic nitrogens is 2. The Morgan fingerprint density at radius 1 is 1.23 bits per heavy atom. The molecule has 1 aromatic rings. The van der Waals surface area contributed by atoms with E-state index >= 15 is 0 Å². The van der Waals surface area contributed by atoms with Gasteiger partial charge in [-0.25, -0.2) is 9.97 Å². The van der Waals surface area contributed by atoms with Crippen LogP contribution in [-0.4, -0.2) is 9.97 Å². The van der Waals surface area contributed by atoms with Gasteiger partial charge in [-0.15, -0.1) is 0 Å². The maximum Gasteiger partial charge on any atom is 0.125 e. The number of aryl methyl sites for hydroxylation is 1. The Labute approximate surface area is 78.0 Å². The van der Waals surface area contributed by atoms with Crippen molar-refractivity contribution in [3.8, 4) is 0 Å². The largest absolute Gasteiger partial charge is 0.241 e. The van der Waals surface area contributed by atoms with Gasteiger partial charge in [0.05, 0.1) is 5.69 Å². The first-order valence-corrected chi connectivity index (χ1v) is 4.46. The highest BCUT2D eigenvalue weighted by Gasteiger charge is 2.03. The molecule has 1 atom stereocenters. The molecule has 2 heteroatoms. The predicted octanol–water partition coefficient (Wildman–Crippen LogP) is 2.46. The van der Waals surface area contributed by atoms with Gasteiger partial charge in [0, 0.05) is 11.8 Å². The van der Waals surface area contributed by atoms with E-state index in [2.05, 4.69) is 41.2 Å². The van der Waals surface area contributed by atoms with Gasteiger partial charge in [-0.1, -0.05) is 25.2 Å². The van der Waals surface area contributed by atoms with Gasteiger partial charge in [-0.05, 0) is 18.9 Å². The zero-order valence-corrected chi connectivity index (χ0v) is 7.86. The average Bonchev–Trinajstić information content (AvgIpc) is 2.29. The maximum atomic E-state index is 4.36. The summed E-state index contributed by atoms with van der Waals surface area (Å²) < 4.78 is 0. The van der Waals surface area contributed by atoms with Crippen LogP contribution in [0.3, 0.4) is 0 Å². The first-order chi connectivity index (χ1) is 6.25. The molecule has 0 aliphatic heterocycles. The number of hydrogen-bond donors (Lipinski definition) is 0. The van der Waals surface area contributed by atoms with Crippen molar-refractivity contribution in [3.63, 3.8) is 0 Å². The lowest BCUT2D eigenvalue weighted by Crippen LogP contribution is -1.92. The third kappa shape index (κ3) is 1.66. The summed E-state index contributed by atoms with van der Waals surface area (Å²) in [6.07, 6.45) is 10.3. The maximum absolute atomic E-state index is 4.36. The van der Waals surface area contributed by atoms with E-state index in [0.717, 1.165) is 17.1 Å². The molecule has 2 rings (SSSR count). The summed E-state index contributed by atoms with van der Waals surface area (Å²) in [4.78, 5) is 8.52. The quantitative estimate of drug-likeness (QED) is 0.600. The van der Waals surface area contributed by atoms with Gasteiger partial charge in [-0.3, -0.25) is 0 Å².